The van der Waals surface area contributed by atoms with Crippen LogP contribution in [0.4, 0.5) is 8.78 Å². The van der Waals surface area contributed by atoms with E-state index in [0.29, 0.717) is 6.61 Å². The van der Waals surface area contributed by atoms with Crippen LogP contribution in [0.15, 0.2) is 0 Å². The number of rotatable bonds is 3. The molecule has 0 aliphatic carbocycles. The molecule has 0 aromatic carbocycles. The van der Waals surface area contributed by atoms with Gasteiger partial charge in [-0.05, 0) is 0 Å². The fraction of sp³-hybridized carbons (Fsp3) is 0.857. The zero-order valence-electron chi connectivity index (χ0n) is 6.95. The number of carboxylic acids is 1. The molecule has 1 rings (SSSR count). The fourth-order valence-electron chi connectivity index (χ4n) is 1.26. The highest BCUT2D eigenvalue weighted by molar-refractivity contribution is 5.73. The first-order valence-electron chi connectivity index (χ1n) is 3.94. The van der Waals surface area contributed by atoms with Gasteiger partial charge in [0.1, 0.15) is 6.04 Å². The Hall–Kier alpha value is -0.750. The zero-order valence-corrected chi connectivity index (χ0v) is 6.95. The maximum Gasteiger partial charge on any atom is 0.323 e. The number of nitrogens with zero attached hydrogens (tertiary/aromatic N) is 1. The third kappa shape index (κ3) is 2.89. The number of aliphatic carboxylic acids is 1. The first kappa shape index (κ1) is 10.3. The Labute approximate surface area is 74.1 Å². The van der Waals surface area contributed by atoms with E-state index in [0.717, 1.165) is 0 Å². The molecule has 1 aliphatic heterocycles. The Bertz CT molecular complexity index is 189. The van der Waals surface area contributed by atoms with E-state index in [4.69, 9.17) is 9.84 Å². The van der Waals surface area contributed by atoms with Crippen LogP contribution in [0.1, 0.15) is 0 Å². The third-order valence-electron chi connectivity index (χ3n) is 1.90. The summed E-state index contributed by atoms with van der Waals surface area (Å²) in [4.78, 5) is 11.8. The largest absolute Gasteiger partial charge is 0.480 e. The number of carboxylic acid groups (broad SMARTS) is 1. The van der Waals surface area contributed by atoms with E-state index in [-0.39, 0.29) is 13.2 Å². The van der Waals surface area contributed by atoms with Gasteiger partial charge in [-0.3, -0.25) is 9.69 Å². The van der Waals surface area contributed by atoms with Crippen molar-refractivity contribution in [1.29, 1.82) is 0 Å². The summed E-state index contributed by atoms with van der Waals surface area (Å²) in [5, 5.41) is 8.65. The molecule has 76 valence electrons. The second kappa shape index (κ2) is 4.48. The van der Waals surface area contributed by atoms with Crippen molar-refractivity contribution in [2.45, 2.75) is 12.5 Å². The minimum atomic E-state index is -2.50. The molecule has 0 aromatic rings. The van der Waals surface area contributed by atoms with Gasteiger partial charge in [-0.15, -0.1) is 0 Å². The highest BCUT2D eigenvalue weighted by Gasteiger charge is 2.30. The summed E-state index contributed by atoms with van der Waals surface area (Å²) in [6, 6.07) is -0.928. The number of ether oxygens (including phenoxy) is 1. The first-order valence-corrected chi connectivity index (χ1v) is 3.94. The lowest BCUT2D eigenvalue weighted by atomic mass is 10.2. The van der Waals surface area contributed by atoms with Crippen molar-refractivity contribution in [1.82, 2.24) is 4.90 Å². The lowest BCUT2D eigenvalue weighted by Gasteiger charge is -2.32. The molecule has 1 fully saturated rings. The van der Waals surface area contributed by atoms with Crippen LogP contribution in [0.5, 0.6) is 0 Å². The number of hydrogen-bond acceptors (Lipinski definition) is 3. The predicted molar refractivity (Wildman–Crippen MR) is 39.8 cm³/mol. The van der Waals surface area contributed by atoms with Crippen LogP contribution in [-0.2, 0) is 9.53 Å². The maximum absolute atomic E-state index is 12.0. The highest BCUT2D eigenvalue weighted by atomic mass is 19.3. The molecule has 1 saturated heterocycles. The van der Waals surface area contributed by atoms with Gasteiger partial charge in [0, 0.05) is 6.54 Å². The third-order valence-corrected chi connectivity index (χ3v) is 1.90. The van der Waals surface area contributed by atoms with E-state index < -0.39 is 25.0 Å². The molecule has 1 atom stereocenters. The normalized spacial score (nSPS) is 25.0. The molecule has 1 heterocycles. The van der Waals surface area contributed by atoms with Crippen molar-refractivity contribution < 1.29 is 23.4 Å². The molecular weight excluding hydrogens is 184 g/mol. The summed E-state index contributed by atoms with van der Waals surface area (Å²) in [6.07, 6.45) is -2.50. The van der Waals surface area contributed by atoms with Gasteiger partial charge >= 0.3 is 5.97 Å². The predicted octanol–water partition coefficient (Wildman–Crippen LogP) is 0.0369. The minimum Gasteiger partial charge on any atom is -0.480 e. The molecule has 6 heteroatoms. The summed E-state index contributed by atoms with van der Waals surface area (Å²) in [5.41, 5.74) is 0. The Morgan fingerprint density at radius 3 is 2.92 bits per heavy atom. The SMILES string of the molecule is O=C(O)C1COCCN1CC(F)F. The van der Waals surface area contributed by atoms with Gasteiger partial charge in [0.05, 0.1) is 19.8 Å². The van der Waals surface area contributed by atoms with Crippen molar-refractivity contribution >= 4 is 5.97 Å². The molecule has 0 saturated carbocycles. The first-order chi connectivity index (χ1) is 6.11. The van der Waals surface area contributed by atoms with Gasteiger partial charge in [-0.2, -0.15) is 0 Å². The van der Waals surface area contributed by atoms with E-state index in [9.17, 15) is 13.6 Å². The average molecular weight is 195 g/mol. The van der Waals surface area contributed by atoms with Gasteiger partial charge in [0.25, 0.3) is 6.43 Å². The molecule has 13 heavy (non-hydrogen) atoms. The molecule has 0 aromatic heterocycles. The van der Waals surface area contributed by atoms with E-state index >= 15 is 0 Å². The second-order valence-electron chi connectivity index (χ2n) is 2.81. The lowest BCUT2D eigenvalue weighted by Crippen LogP contribution is -2.51. The van der Waals surface area contributed by atoms with Crippen molar-refractivity contribution in [2.24, 2.45) is 0 Å². The van der Waals surface area contributed by atoms with E-state index in [1.807, 2.05) is 0 Å². The van der Waals surface area contributed by atoms with Crippen LogP contribution >= 0.6 is 0 Å². The van der Waals surface area contributed by atoms with Crippen LogP contribution < -0.4 is 0 Å². The number of carbonyl (C=O) groups is 1. The summed E-state index contributed by atoms with van der Waals surface area (Å²) in [7, 11) is 0. The van der Waals surface area contributed by atoms with E-state index in [1.165, 1.54) is 4.90 Å². The highest BCUT2D eigenvalue weighted by Crippen LogP contribution is 2.09. The van der Waals surface area contributed by atoms with Crippen LogP contribution in [-0.4, -0.2) is 54.7 Å². The Morgan fingerprint density at radius 2 is 2.38 bits per heavy atom. The lowest BCUT2D eigenvalue weighted by molar-refractivity contribution is -0.150. The van der Waals surface area contributed by atoms with Gasteiger partial charge < -0.3 is 9.84 Å². The fourth-order valence-corrected chi connectivity index (χ4v) is 1.26. The molecule has 0 bridgehead atoms. The Balaban J connectivity index is 2.51. The standard InChI is InChI=1S/C7H11F2NO3/c8-6(9)3-10-1-2-13-4-5(10)7(11)12/h5-6H,1-4H2,(H,11,12). The molecule has 0 amide bonds. The molecule has 1 unspecified atom stereocenters. The van der Waals surface area contributed by atoms with Crippen molar-refractivity contribution in [3.8, 4) is 0 Å². The quantitative estimate of drug-likeness (QED) is 0.690. The number of halogens is 2. The molecule has 4 nitrogen and oxygen atoms in total. The summed E-state index contributed by atoms with van der Waals surface area (Å²) in [6.45, 7) is 0.0557. The molecule has 0 radical (unpaired) electrons. The van der Waals surface area contributed by atoms with Crippen molar-refractivity contribution in [3.63, 3.8) is 0 Å². The summed E-state index contributed by atoms with van der Waals surface area (Å²) < 4.78 is 28.8. The topological polar surface area (TPSA) is 49.8 Å². The second-order valence-corrected chi connectivity index (χ2v) is 2.81. The zero-order chi connectivity index (χ0) is 9.84. The Morgan fingerprint density at radius 1 is 1.69 bits per heavy atom. The van der Waals surface area contributed by atoms with E-state index in [1.54, 1.807) is 0 Å². The van der Waals surface area contributed by atoms with Crippen molar-refractivity contribution in [2.75, 3.05) is 26.3 Å². The minimum absolute atomic E-state index is 0.0119. The summed E-state index contributed by atoms with van der Waals surface area (Å²) >= 11 is 0. The van der Waals surface area contributed by atoms with E-state index in [2.05, 4.69) is 0 Å². The molecule has 0 spiro atoms. The van der Waals surface area contributed by atoms with Gasteiger partial charge in [0.2, 0.25) is 0 Å². The number of hydrogen-bond donors (Lipinski definition) is 1. The molecular formula is C7H11F2NO3. The molecule has 1 N–H and O–H groups in total. The van der Waals surface area contributed by atoms with Crippen LogP contribution in [0.3, 0.4) is 0 Å². The van der Waals surface area contributed by atoms with Gasteiger partial charge in [-0.1, -0.05) is 0 Å². The smallest absolute Gasteiger partial charge is 0.323 e. The Kier molecular flexibility index (Phi) is 3.56. The molecule has 1 aliphatic rings. The van der Waals surface area contributed by atoms with Crippen molar-refractivity contribution in [3.05, 3.63) is 0 Å². The monoisotopic (exact) mass is 195 g/mol. The van der Waals surface area contributed by atoms with Crippen LogP contribution in [0, 0.1) is 0 Å². The van der Waals surface area contributed by atoms with Gasteiger partial charge in [-0.25, -0.2) is 8.78 Å². The average Bonchev–Trinajstić information content (AvgIpc) is 2.03. The number of alkyl halides is 2. The number of morpholine rings is 1. The van der Waals surface area contributed by atoms with Gasteiger partial charge in [0.15, 0.2) is 0 Å². The summed E-state index contributed by atoms with van der Waals surface area (Å²) in [5.74, 6) is -1.11. The maximum atomic E-state index is 12.0. The van der Waals surface area contributed by atoms with Crippen LogP contribution in [0.2, 0.25) is 0 Å². The van der Waals surface area contributed by atoms with Crippen LogP contribution in [0.25, 0.3) is 0 Å².